The third kappa shape index (κ3) is 2.76. The van der Waals surface area contributed by atoms with Gasteiger partial charge in [-0.2, -0.15) is 4.39 Å². The van der Waals surface area contributed by atoms with Crippen LogP contribution in [0.4, 0.5) is 4.39 Å². The molecule has 0 aliphatic carbocycles. The van der Waals surface area contributed by atoms with Crippen molar-refractivity contribution in [3.05, 3.63) is 45.2 Å². The van der Waals surface area contributed by atoms with Crippen molar-refractivity contribution in [3.8, 4) is 0 Å². The number of nitrogens with one attached hydrogen (secondary N) is 1. The standard InChI is InChI=1S/C15H17FN4O3/c1-3-9-7-11(23-19-9)15(22)20-6-4-5-10(20)13-17-8(2)12(16)14(21)18-13/h7,10H,3-6H2,1-2H3,(H,17,18,21). The monoisotopic (exact) mass is 320 g/mol. The topological polar surface area (TPSA) is 92.1 Å². The maximum Gasteiger partial charge on any atom is 0.293 e. The van der Waals surface area contributed by atoms with E-state index in [9.17, 15) is 14.0 Å². The minimum atomic E-state index is -0.896. The van der Waals surface area contributed by atoms with E-state index in [2.05, 4.69) is 15.1 Å². The summed E-state index contributed by atoms with van der Waals surface area (Å²) >= 11 is 0. The number of H-pyrrole nitrogens is 1. The van der Waals surface area contributed by atoms with E-state index in [-0.39, 0.29) is 17.4 Å². The zero-order chi connectivity index (χ0) is 16.6. The fraction of sp³-hybridized carbons (Fsp3) is 0.467. The Labute approximate surface area is 131 Å². The van der Waals surface area contributed by atoms with E-state index in [1.807, 2.05) is 6.92 Å². The van der Waals surface area contributed by atoms with E-state index in [0.717, 1.165) is 6.42 Å². The Morgan fingerprint density at radius 3 is 3.00 bits per heavy atom. The summed E-state index contributed by atoms with van der Waals surface area (Å²) in [5, 5.41) is 3.82. The Morgan fingerprint density at radius 2 is 2.35 bits per heavy atom. The molecule has 3 rings (SSSR count). The first kappa shape index (κ1) is 15.4. The molecule has 2 aromatic heterocycles. The van der Waals surface area contributed by atoms with E-state index in [1.165, 1.54) is 6.92 Å². The maximum absolute atomic E-state index is 13.5. The number of aromatic amines is 1. The summed E-state index contributed by atoms with van der Waals surface area (Å²) in [6.45, 7) is 3.87. The molecule has 0 radical (unpaired) electrons. The highest BCUT2D eigenvalue weighted by molar-refractivity contribution is 5.91. The molecule has 1 aliphatic rings. The van der Waals surface area contributed by atoms with Crippen molar-refractivity contribution in [1.29, 1.82) is 0 Å². The molecule has 1 atom stereocenters. The maximum atomic E-state index is 13.5. The minimum Gasteiger partial charge on any atom is -0.351 e. The molecule has 1 aliphatic heterocycles. The molecule has 3 heterocycles. The average Bonchev–Trinajstić information content (AvgIpc) is 3.20. The van der Waals surface area contributed by atoms with Crippen LogP contribution >= 0.6 is 0 Å². The first-order chi connectivity index (χ1) is 11.0. The van der Waals surface area contributed by atoms with E-state index in [4.69, 9.17) is 4.52 Å². The molecule has 1 N–H and O–H groups in total. The van der Waals surface area contributed by atoms with Crippen LogP contribution < -0.4 is 5.56 Å². The molecule has 1 amide bonds. The second-order valence-electron chi connectivity index (χ2n) is 5.54. The van der Waals surface area contributed by atoms with Crippen LogP contribution in [-0.4, -0.2) is 32.5 Å². The van der Waals surface area contributed by atoms with Crippen molar-refractivity contribution in [1.82, 2.24) is 20.0 Å². The lowest BCUT2D eigenvalue weighted by atomic mass is 10.2. The average molecular weight is 320 g/mol. The van der Waals surface area contributed by atoms with Gasteiger partial charge in [0.2, 0.25) is 11.6 Å². The van der Waals surface area contributed by atoms with Gasteiger partial charge in [-0.1, -0.05) is 12.1 Å². The summed E-state index contributed by atoms with van der Waals surface area (Å²) in [7, 11) is 0. The van der Waals surface area contributed by atoms with Crippen LogP contribution in [0.5, 0.6) is 0 Å². The molecule has 0 spiro atoms. The highest BCUT2D eigenvalue weighted by Crippen LogP contribution is 2.31. The van der Waals surface area contributed by atoms with Gasteiger partial charge in [0.05, 0.1) is 17.4 Å². The molecule has 7 nitrogen and oxygen atoms in total. The number of aromatic nitrogens is 3. The lowest BCUT2D eigenvalue weighted by Crippen LogP contribution is -2.32. The third-order valence-corrected chi connectivity index (χ3v) is 4.01. The summed E-state index contributed by atoms with van der Waals surface area (Å²) < 4.78 is 18.5. The molecule has 1 fully saturated rings. The summed E-state index contributed by atoms with van der Waals surface area (Å²) in [6.07, 6.45) is 2.09. The molecule has 0 saturated carbocycles. The summed E-state index contributed by atoms with van der Waals surface area (Å²) in [4.78, 5) is 32.3. The van der Waals surface area contributed by atoms with E-state index < -0.39 is 17.4 Å². The lowest BCUT2D eigenvalue weighted by Gasteiger charge is -2.22. The molecule has 1 saturated heterocycles. The Kier molecular flexibility index (Phi) is 3.97. The fourth-order valence-corrected chi connectivity index (χ4v) is 2.77. The lowest BCUT2D eigenvalue weighted by molar-refractivity contribution is 0.0687. The van der Waals surface area contributed by atoms with Crippen molar-refractivity contribution < 1.29 is 13.7 Å². The first-order valence-electron chi connectivity index (χ1n) is 7.54. The predicted octanol–water partition coefficient (Wildman–Crippen LogP) is 1.75. The van der Waals surface area contributed by atoms with Crippen LogP contribution in [-0.2, 0) is 6.42 Å². The zero-order valence-corrected chi connectivity index (χ0v) is 12.9. The number of nitrogens with zero attached hydrogens (tertiary/aromatic N) is 3. The molecule has 23 heavy (non-hydrogen) atoms. The number of aryl methyl sites for hydroxylation is 2. The number of halogens is 1. The first-order valence-corrected chi connectivity index (χ1v) is 7.54. The third-order valence-electron chi connectivity index (χ3n) is 4.01. The van der Waals surface area contributed by atoms with Gasteiger partial charge in [0.1, 0.15) is 5.82 Å². The number of carbonyl (C=O) groups excluding carboxylic acids is 1. The van der Waals surface area contributed by atoms with Gasteiger partial charge in [0.25, 0.3) is 11.5 Å². The normalized spacial score (nSPS) is 17.7. The minimum absolute atomic E-state index is 0.0241. The quantitative estimate of drug-likeness (QED) is 0.930. The Balaban J connectivity index is 1.91. The molecule has 122 valence electrons. The molecule has 0 aromatic carbocycles. The summed E-state index contributed by atoms with van der Waals surface area (Å²) in [6, 6.07) is 1.22. The van der Waals surface area contributed by atoms with Crippen molar-refractivity contribution in [2.24, 2.45) is 0 Å². The molecule has 8 heteroatoms. The van der Waals surface area contributed by atoms with Gasteiger partial charge in [0, 0.05) is 12.6 Å². The fourth-order valence-electron chi connectivity index (χ4n) is 2.77. The van der Waals surface area contributed by atoms with Gasteiger partial charge in [-0.3, -0.25) is 9.59 Å². The summed E-state index contributed by atoms with van der Waals surface area (Å²) in [5.74, 6) is -0.735. The van der Waals surface area contributed by atoms with Gasteiger partial charge < -0.3 is 14.4 Å². The van der Waals surface area contributed by atoms with Crippen LogP contribution in [0.3, 0.4) is 0 Å². The number of rotatable bonds is 3. The largest absolute Gasteiger partial charge is 0.351 e. The second kappa shape index (κ2) is 5.94. The van der Waals surface area contributed by atoms with Gasteiger partial charge in [-0.05, 0) is 26.2 Å². The zero-order valence-electron chi connectivity index (χ0n) is 12.9. The Bertz CT molecular complexity index is 798. The highest BCUT2D eigenvalue weighted by Gasteiger charge is 2.34. The summed E-state index contributed by atoms with van der Waals surface area (Å²) in [5.41, 5.74) is -0.0935. The van der Waals surface area contributed by atoms with Crippen molar-refractivity contribution in [3.63, 3.8) is 0 Å². The van der Waals surface area contributed by atoms with Crippen molar-refractivity contribution in [2.75, 3.05) is 6.54 Å². The second-order valence-corrected chi connectivity index (χ2v) is 5.54. The number of carbonyl (C=O) groups is 1. The predicted molar refractivity (Wildman–Crippen MR) is 78.4 cm³/mol. The van der Waals surface area contributed by atoms with Crippen LogP contribution in [0.1, 0.15) is 53.6 Å². The number of likely N-dealkylation sites (tertiary alicyclic amines) is 1. The Morgan fingerprint density at radius 1 is 1.57 bits per heavy atom. The van der Waals surface area contributed by atoms with Gasteiger partial charge >= 0.3 is 0 Å². The van der Waals surface area contributed by atoms with Crippen LogP contribution in [0, 0.1) is 12.7 Å². The van der Waals surface area contributed by atoms with Crippen LogP contribution in [0.2, 0.25) is 0 Å². The Hall–Kier alpha value is -2.51. The van der Waals surface area contributed by atoms with Crippen molar-refractivity contribution >= 4 is 5.91 Å². The number of amides is 1. The van der Waals surface area contributed by atoms with Crippen LogP contribution in [0.15, 0.2) is 15.4 Å². The number of hydrogen-bond donors (Lipinski definition) is 1. The number of hydrogen-bond acceptors (Lipinski definition) is 5. The van der Waals surface area contributed by atoms with Gasteiger partial charge in [0.15, 0.2) is 0 Å². The molecule has 0 bridgehead atoms. The van der Waals surface area contributed by atoms with Crippen molar-refractivity contribution in [2.45, 2.75) is 39.2 Å². The van der Waals surface area contributed by atoms with E-state index >= 15 is 0 Å². The molecule has 2 aromatic rings. The smallest absolute Gasteiger partial charge is 0.293 e. The SMILES string of the molecule is CCc1cc(C(=O)N2CCCC2c2nc(C)c(F)c(=O)[nH]2)on1. The van der Waals surface area contributed by atoms with E-state index in [1.54, 1.807) is 11.0 Å². The molecule has 1 unspecified atom stereocenters. The van der Waals surface area contributed by atoms with Gasteiger partial charge in [-0.15, -0.1) is 0 Å². The molecular formula is C15H17FN4O3. The van der Waals surface area contributed by atoms with Crippen LogP contribution in [0.25, 0.3) is 0 Å². The van der Waals surface area contributed by atoms with Gasteiger partial charge in [-0.25, -0.2) is 4.98 Å². The highest BCUT2D eigenvalue weighted by atomic mass is 19.1. The van der Waals surface area contributed by atoms with E-state index in [0.29, 0.717) is 30.9 Å². The molecular weight excluding hydrogens is 303 g/mol.